The Labute approximate surface area is 198 Å². The SMILES string of the molecule is C/C=C/CCC1CCC(c2ccc(CCc3ccc4c(F)c(OCC)ccc4c3)cc2)CC1. The van der Waals surface area contributed by atoms with E-state index in [0.29, 0.717) is 17.7 Å². The van der Waals surface area contributed by atoms with Gasteiger partial charge in [-0.1, -0.05) is 60.7 Å². The lowest BCUT2D eigenvalue weighted by Gasteiger charge is -2.28. The summed E-state index contributed by atoms with van der Waals surface area (Å²) in [4.78, 5) is 0. The molecule has 0 aromatic heterocycles. The lowest BCUT2D eigenvalue weighted by molar-refractivity contribution is 0.312. The molecule has 0 aliphatic heterocycles. The van der Waals surface area contributed by atoms with E-state index in [1.54, 1.807) is 6.07 Å². The van der Waals surface area contributed by atoms with Crippen LogP contribution in [-0.4, -0.2) is 6.61 Å². The molecule has 0 heterocycles. The van der Waals surface area contributed by atoms with Gasteiger partial charge in [-0.15, -0.1) is 0 Å². The molecule has 2 heteroatoms. The van der Waals surface area contributed by atoms with Crippen molar-refractivity contribution in [2.75, 3.05) is 6.61 Å². The second kappa shape index (κ2) is 11.5. The van der Waals surface area contributed by atoms with Gasteiger partial charge in [0.15, 0.2) is 11.6 Å². The van der Waals surface area contributed by atoms with E-state index in [4.69, 9.17) is 4.74 Å². The van der Waals surface area contributed by atoms with Crippen LogP contribution >= 0.6 is 0 Å². The average Bonchev–Trinajstić information content (AvgIpc) is 2.85. The smallest absolute Gasteiger partial charge is 0.172 e. The van der Waals surface area contributed by atoms with E-state index in [1.807, 2.05) is 25.1 Å². The molecule has 33 heavy (non-hydrogen) atoms. The maximum atomic E-state index is 14.6. The van der Waals surface area contributed by atoms with Gasteiger partial charge in [0.05, 0.1) is 6.61 Å². The monoisotopic (exact) mass is 444 g/mol. The molecule has 0 spiro atoms. The van der Waals surface area contributed by atoms with Crippen LogP contribution in [0.5, 0.6) is 5.75 Å². The number of halogens is 1. The van der Waals surface area contributed by atoms with Crippen molar-refractivity contribution in [2.24, 2.45) is 5.92 Å². The van der Waals surface area contributed by atoms with E-state index in [1.165, 1.54) is 55.2 Å². The first-order valence-electron chi connectivity index (χ1n) is 12.7. The molecule has 3 aromatic rings. The van der Waals surface area contributed by atoms with Gasteiger partial charge in [0, 0.05) is 5.39 Å². The van der Waals surface area contributed by atoms with E-state index >= 15 is 0 Å². The Morgan fingerprint density at radius 3 is 2.36 bits per heavy atom. The van der Waals surface area contributed by atoms with Crippen LogP contribution < -0.4 is 4.74 Å². The van der Waals surface area contributed by atoms with Crippen molar-refractivity contribution >= 4 is 10.8 Å². The molecule has 1 saturated carbocycles. The van der Waals surface area contributed by atoms with Crippen LogP contribution in [0.25, 0.3) is 10.8 Å². The summed E-state index contributed by atoms with van der Waals surface area (Å²) in [6.45, 7) is 4.46. The summed E-state index contributed by atoms with van der Waals surface area (Å²) >= 11 is 0. The van der Waals surface area contributed by atoms with Crippen LogP contribution in [0.2, 0.25) is 0 Å². The van der Waals surface area contributed by atoms with Crippen molar-refractivity contribution in [3.8, 4) is 5.75 Å². The topological polar surface area (TPSA) is 9.23 Å². The number of ether oxygens (including phenoxy) is 1. The molecular weight excluding hydrogens is 407 g/mol. The summed E-state index contributed by atoms with van der Waals surface area (Å²) in [6, 6.07) is 19.1. The molecule has 1 fully saturated rings. The van der Waals surface area contributed by atoms with Crippen molar-refractivity contribution in [3.05, 3.63) is 89.3 Å². The summed E-state index contributed by atoms with van der Waals surface area (Å²) < 4.78 is 20.0. The minimum atomic E-state index is -0.261. The lowest BCUT2D eigenvalue weighted by Crippen LogP contribution is -2.13. The summed E-state index contributed by atoms with van der Waals surface area (Å²) in [5.74, 6) is 1.72. The quantitative estimate of drug-likeness (QED) is 0.300. The van der Waals surface area contributed by atoms with Gasteiger partial charge in [0.25, 0.3) is 0 Å². The summed E-state index contributed by atoms with van der Waals surface area (Å²) in [6.07, 6.45) is 14.4. The number of aryl methyl sites for hydroxylation is 2. The molecule has 174 valence electrons. The Morgan fingerprint density at radius 2 is 1.64 bits per heavy atom. The molecule has 0 N–H and O–H groups in total. The molecule has 1 aliphatic carbocycles. The van der Waals surface area contributed by atoms with E-state index in [-0.39, 0.29) is 5.82 Å². The third-order valence-corrected chi connectivity index (χ3v) is 7.26. The number of fused-ring (bicyclic) bond motifs is 1. The van der Waals surface area contributed by atoms with Crippen LogP contribution in [-0.2, 0) is 12.8 Å². The zero-order valence-corrected chi connectivity index (χ0v) is 20.2. The summed E-state index contributed by atoms with van der Waals surface area (Å²) in [5.41, 5.74) is 4.13. The highest BCUT2D eigenvalue weighted by Crippen LogP contribution is 2.37. The lowest BCUT2D eigenvalue weighted by atomic mass is 9.77. The average molecular weight is 445 g/mol. The highest BCUT2D eigenvalue weighted by Gasteiger charge is 2.21. The van der Waals surface area contributed by atoms with E-state index in [0.717, 1.165) is 30.1 Å². The Balaban J connectivity index is 1.31. The van der Waals surface area contributed by atoms with Gasteiger partial charge in [-0.2, -0.15) is 0 Å². The van der Waals surface area contributed by atoms with Gasteiger partial charge in [-0.3, -0.25) is 0 Å². The highest BCUT2D eigenvalue weighted by atomic mass is 19.1. The molecule has 0 saturated heterocycles. The first kappa shape index (κ1) is 23.5. The van der Waals surface area contributed by atoms with Crippen molar-refractivity contribution in [3.63, 3.8) is 0 Å². The zero-order valence-electron chi connectivity index (χ0n) is 20.2. The maximum absolute atomic E-state index is 14.6. The van der Waals surface area contributed by atoms with Crippen molar-refractivity contribution in [1.82, 2.24) is 0 Å². The van der Waals surface area contributed by atoms with Gasteiger partial charge in [-0.05, 0) is 105 Å². The molecular formula is C31H37FO. The number of rotatable bonds is 9. The van der Waals surface area contributed by atoms with E-state index < -0.39 is 0 Å². The maximum Gasteiger partial charge on any atom is 0.172 e. The third-order valence-electron chi connectivity index (χ3n) is 7.26. The van der Waals surface area contributed by atoms with Crippen LogP contribution in [0, 0.1) is 11.7 Å². The van der Waals surface area contributed by atoms with E-state index in [2.05, 4.69) is 49.4 Å². The fourth-order valence-corrected chi connectivity index (χ4v) is 5.27. The third kappa shape index (κ3) is 6.05. The number of hydrogen-bond donors (Lipinski definition) is 0. The predicted molar refractivity (Wildman–Crippen MR) is 138 cm³/mol. The first-order valence-corrected chi connectivity index (χ1v) is 12.7. The number of benzene rings is 3. The summed E-state index contributed by atoms with van der Waals surface area (Å²) in [5, 5.41) is 1.57. The fourth-order valence-electron chi connectivity index (χ4n) is 5.27. The Morgan fingerprint density at radius 1 is 0.909 bits per heavy atom. The number of allylic oxidation sites excluding steroid dienone is 2. The molecule has 0 atom stereocenters. The highest BCUT2D eigenvalue weighted by molar-refractivity contribution is 5.85. The molecule has 0 unspecified atom stereocenters. The molecule has 3 aromatic carbocycles. The Hall–Kier alpha value is -2.61. The molecule has 0 radical (unpaired) electrons. The van der Waals surface area contributed by atoms with E-state index in [9.17, 15) is 4.39 Å². The largest absolute Gasteiger partial charge is 0.491 e. The number of hydrogen-bond acceptors (Lipinski definition) is 1. The summed E-state index contributed by atoms with van der Waals surface area (Å²) in [7, 11) is 0. The van der Waals surface area contributed by atoms with Crippen molar-refractivity contribution in [2.45, 2.75) is 71.1 Å². The Kier molecular flexibility index (Phi) is 8.20. The minimum Gasteiger partial charge on any atom is -0.491 e. The second-order valence-corrected chi connectivity index (χ2v) is 9.47. The van der Waals surface area contributed by atoms with Crippen molar-refractivity contribution < 1.29 is 9.13 Å². The zero-order chi connectivity index (χ0) is 23.0. The van der Waals surface area contributed by atoms with Gasteiger partial charge in [-0.25, -0.2) is 4.39 Å². The van der Waals surface area contributed by atoms with Gasteiger partial charge >= 0.3 is 0 Å². The molecule has 4 rings (SSSR count). The standard InChI is InChI=1S/C31H37FO/c1-3-5-6-7-23-10-15-26(16-11-23)27-17-12-24(13-18-27)8-9-25-14-20-29-28(22-25)19-21-30(31(29)32)33-4-2/h3,5,12-14,17-23,26H,4,6-11,15-16H2,1-2H3/b5-3+. The van der Waals surface area contributed by atoms with Gasteiger partial charge in [0.2, 0.25) is 0 Å². The van der Waals surface area contributed by atoms with Gasteiger partial charge < -0.3 is 4.74 Å². The molecule has 0 amide bonds. The minimum absolute atomic E-state index is 0.261. The molecule has 0 bridgehead atoms. The van der Waals surface area contributed by atoms with Crippen LogP contribution in [0.1, 0.15) is 75.0 Å². The van der Waals surface area contributed by atoms with Crippen LogP contribution in [0.4, 0.5) is 4.39 Å². The Bertz CT molecular complexity index is 1060. The molecule has 1 aliphatic rings. The van der Waals surface area contributed by atoms with Gasteiger partial charge in [0.1, 0.15) is 0 Å². The second-order valence-electron chi connectivity index (χ2n) is 9.47. The fraction of sp³-hybridized carbons (Fsp3) is 0.419. The van der Waals surface area contributed by atoms with Crippen LogP contribution in [0.15, 0.2) is 66.7 Å². The first-order chi connectivity index (χ1) is 16.2. The van der Waals surface area contributed by atoms with Crippen molar-refractivity contribution in [1.29, 1.82) is 0 Å². The van der Waals surface area contributed by atoms with Crippen LogP contribution in [0.3, 0.4) is 0 Å². The molecule has 1 nitrogen and oxygen atoms in total. The normalized spacial score (nSPS) is 18.8. The predicted octanol–water partition coefficient (Wildman–Crippen LogP) is 8.79.